The van der Waals surface area contributed by atoms with Crippen molar-refractivity contribution in [3.05, 3.63) is 81.4 Å². The van der Waals surface area contributed by atoms with E-state index >= 15 is 0 Å². The minimum absolute atomic E-state index is 0.0583. The van der Waals surface area contributed by atoms with Gasteiger partial charge in [-0.25, -0.2) is 0 Å². The second-order valence-corrected chi connectivity index (χ2v) is 11.2. The maximum atomic E-state index is 14.0. The minimum Gasteiger partial charge on any atom is -0.507 e. The number of hydrogen-bond donors (Lipinski definition) is 7. The van der Waals surface area contributed by atoms with Crippen LogP contribution in [-0.4, -0.2) is 67.0 Å². The molecular weight excluding hydrogens is 534 g/mol. The maximum absolute atomic E-state index is 14.0. The number of carbonyl (C=O) groups excluding carboxylic acids is 2. The zero-order chi connectivity index (χ0) is 29.3. The summed E-state index contributed by atoms with van der Waals surface area (Å²) in [6.45, 7) is 1.50. The Morgan fingerprint density at radius 2 is 1.44 bits per heavy atom. The van der Waals surface area contributed by atoms with E-state index in [9.17, 15) is 45.0 Å². The van der Waals surface area contributed by atoms with Gasteiger partial charge in [0.05, 0.1) is 46.0 Å². The number of phenols is 3. The summed E-state index contributed by atoms with van der Waals surface area (Å²) >= 11 is 0. The Labute approximate surface area is 232 Å². The van der Waals surface area contributed by atoms with Crippen molar-refractivity contribution >= 4 is 23.2 Å². The highest BCUT2D eigenvalue weighted by Gasteiger charge is 2.75. The summed E-state index contributed by atoms with van der Waals surface area (Å²) in [5.41, 5.74) is -5.36. The van der Waals surface area contributed by atoms with Gasteiger partial charge >= 0.3 is 5.97 Å². The molecule has 0 amide bonds. The molecule has 210 valence electrons. The van der Waals surface area contributed by atoms with E-state index in [0.717, 1.165) is 18.2 Å². The van der Waals surface area contributed by atoms with Crippen molar-refractivity contribution in [3.63, 3.8) is 0 Å². The molecule has 1 saturated carbocycles. The zero-order valence-electron chi connectivity index (χ0n) is 21.7. The Bertz CT molecular complexity index is 1750. The van der Waals surface area contributed by atoms with Crippen molar-refractivity contribution in [2.45, 2.75) is 36.2 Å². The second-order valence-electron chi connectivity index (χ2n) is 11.2. The van der Waals surface area contributed by atoms with Crippen LogP contribution in [0.1, 0.15) is 67.4 Å². The molecule has 3 aliphatic carbocycles. The second kappa shape index (κ2) is 7.84. The number of carbonyl (C=O) groups is 3. The molecule has 11 nitrogen and oxygen atoms in total. The van der Waals surface area contributed by atoms with Gasteiger partial charge in [-0.2, -0.15) is 0 Å². The molecule has 0 aromatic heterocycles. The summed E-state index contributed by atoms with van der Waals surface area (Å²) in [4.78, 5) is 40.1. The Balaban J connectivity index is 1.59. The van der Waals surface area contributed by atoms with E-state index in [1.54, 1.807) is 24.3 Å². The first kappa shape index (κ1) is 25.5. The summed E-state index contributed by atoms with van der Waals surface area (Å²) in [5.74, 6) is -8.37. The molecule has 1 heterocycles. The molecule has 0 radical (unpaired) electrons. The van der Waals surface area contributed by atoms with Crippen LogP contribution in [0.4, 0.5) is 5.69 Å². The summed E-state index contributed by atoms with van der Waals surface area (Å²) in [5, 5.41) is 70.8. The third-order valence-electron chi connectivity index (χ3n) is 9.69. The van der Waals surface area contributed by atoms with Crippen molar-refractivity contribution < 1.29 is 49.8 Å². The fourth-order valence-corrected chi connectivity index (χ4v) is 8.00. The van der Waals surface area contributed by atoms with Gasteiger partial charge < -0.3 is 40.7 Å². The molecular formula is C30H25NO10. The molecule has 4 bridgehead atoms. The van der Waals surface area contributed by atoms with Crippen LogP contribution in [0, 0.1) is 11.8 Å². The van der Waals surface area contributed by atoms with Crippen molar-refractivity contribution in [2.24, 2.45) is 11.8 Å². The number of carboxylic acids is 1. The van der Waals surface area contributed by atoms with E-state index in [2.05, 4.69) is 5.32 Å². The number of phenolic OH excluding ortho intramolecular Hbond substituents is 3. The first-order valence-corrected chi connectivity index (χ1v) is 13.0. The van der Waals surface area contributed by atoms with Crippen LogP contribution in [0.25, 0.3) is 0 Å². The Morgan fingerprint density at radius 1 is 0.878 bits per heavy atom. The molecule has 7 rings (SSSR count). The van der Waals surface area contributed by atoms with Crippen molar-refractivity contribution in [2.75, 3.05) is 12.4 Å². The molecule has 3 aromatic rings. The van der Waals surface area contributed by atoms with Gasteiger partial charge in [-0.15, -0.1) is 0 Å². The van der Waals surface area contributed by atoms with Gasteiger partial charge in [0.25, 0.3) is 0 Å². The van der Waals surface area contributed by atoms with Gasteiger partial charge in [-0.3, -0.25) is 14.4 Å². The molecule has 41 heavy (non-hydrogen) atoms. The number of fused-ring (bicyclic) bond motifs is 7. The highest BCUT2D eigenvalue weighted by Crippen LogP contribution is 2.69. The molecule has 3 aromatic carbocycles. The topological polar surface area (TPSA) is 194 Å². The minimum atomic E-state index is -2.31. The quantitative estimate of drug-likeness (QED) is 0.178. The van der Waals surface area contributed by atoms with Gasteiger partial charge in [0, 0.05) is 24.5 Å². The predicted molar refractivity (Wildman–Crippen MR) is 140 cm³/mol. The van der Waals surface area contributed by atoms with Gasteiger partial charge in [0.2, 0.25) is 11.6 Å². The number of anilines is 1. The highest BCUT2D eigenvalue weighted by molar-refractivity contribution is 6.33. The van der Waals surface area contributed by atoms with E-state index in [-0.39, 0.29) is 16.8 Å². The standard InChI is InChI=1S/C30H25NO10/c1-10-17(28(37)38)26(41-2)22-11-5-3-4-6-12(11)27-29(10,39)30(22,40)13-9-16(34)20-21(23(13)31-27)25(36)19-15(33)8-7-14(32)18(19)24(20)35/h3-10,17,22,26-27,31-34,39-40H,1-2H3,(H,37,38). The fourth-order valence-electron chi connectivity index (χ4n) is 8.00. The van der Waals surface area contributed by atoms with Crippen LogP contribution in [0.15, 0.2) is 42.5 Å². The Kier molecular flexibility index (Phi) is 4.88. The van der Waals surface area contributed by atoms with E-state index < -0.39 is 92.6 Å². The summed E-state index contributed by atoms with van der Waals surface area (Å²) in [6, 6.07) is 8.91. The highest BCUT2D eigenvalue weighted by atomic mass is 16.5. The monoisotopic (exact) mass is 559 g/mol. The van der Waals surface area contributed by atoms with Gasteiger partial charge in [0.1, 0.15) is 28.5 Å². The SMILES string of the molecule is COC1C(C(=O)O)C(C)C2(O)C3Nc4c(cc(O)c5c4C(=O)c4c(O)ccc(O)c4C5=O)C2(O)C1c1ccccc13. The molecule has 4 aliphatic rings. The largest absolute Gasteiger partial charge is 0.507 e. The number of ketones is 2. The van der Waals surface area contributed by atoms with Crippen molar-refractivity contribution in [3.8, 4) is 17.2 Å². The normalized spacial score (nSPS) is 32.2. The smallest absolute Gasteiger partial charge is 0.309 e. The molecule has 7 atom stereocenters. The maximum Gasteiger partial charge on any atom is 0.309 e. The number of carboxylic acid groups (broad SMARTS) is 1. The number of hydrogen-bond acceptors (Lipinski definition) is 10. The number of methoxy groups -OCH3 is 1. The molecule has 1 fully saturated rings. The fraction of sp³-hybridized carbons (Fsp3) is 0.300. The van der Waals surface area contributed by atoms with E-state index in [4.69, 9.17) is 4.74 Å². The lowest BCUT2D eigenvalue weighted by molar-refractivity contribution is -0.275. The number of aliphatic hydroxyl groups is 2. The van der Waals surface area contributed by atoms with Crippen LogP contribution >= 0.6 is 0 Å². The third kappa shape index (κ3) is 2.66. The summed E-state index contributed by atoms with van der Waals surface area (Å²) < 4.78 is 5.73. The first-order valence-electron chi connectivity index (χ1n) is 13.0. The Morgan fingerprint density at radius 3 is 2.02 bits per heavy atom. The van der Waals surface area contributed by atoms with Crippen LogP contribution in [0.3, 0.4) is 0 Å². The van der Waals surface area contributed by atoms with Crippen molar-refractivity contribution in [1.29, 1.82) is 0 Å². The average Bonchev–Trinajstić information content (AvgIpc) is 2.93. The summed E-state index contributed by atoms with van der Waals surface area (Å²) in [6.07, 6.45) is -1.14. The molecule has 0 saturated heterocycles. The number of benzene rings is 3. The van der Waals surface area contributed by atoms with Gasteiger partial charge in [-0.05, 0) is 29.3 Å². The van der Waals surface area contributed by atoms with Crippen LogP contribution in [0.2, 0.25) is 0 Å². The number of aromatic hydroxyl groups is 3. The van der Waals surface area contributed by atoms with E-state index in [0.29, 0.717) is 11.1 Å². The van der Waals surface area contributed by atoms with Crippen LogP contribution in [-0.2, 0) is 15.1 Å². The zero-order valence-corrected chi connectivity index (χ0v) is 21.7. The molecule has 1 aliphatic heterocycles. The van der Waals surface area contributed by atoms with Gasteiger partial charge in [0.15, 0.2) is 0 Å². The number of nitrogens with one attached hydrogen (secondary N) is 1. The average molecular weight is 560 g/mol. The number of aliphatic carboxylic acids is 1. The molecule has 11 heteroatoms. The van der Waals surface area contributed by atoms with E-state index in [1.165, 1.54) is 14.0 Å². The molecule has 7 N–H and O–H groups in total. The van der Waals surface area contributed by atoms with E-state index in [1.807, 2.05) is 0 Å². The van der Waals surface area contributed by atoms with Crippen molar-refractivity contribution in [1.82, 2.24) is 0 Å². The Hall–Kier alpha value is -4.45. The predicted octanol–water partition coefficient (Wildman–Crippen LogP) is 2.13. The number of ether oxygens (including phenoxy) is 1. The molecule has 7 unspecified atom stereocenters. The van der Waals surface area contributed by atoms with Crippen LogP contribution in [0.5, 0.6) is 17.2 Å². The molecule has 0 spiro atoms. The number of rotatable bonds is 2. The lowest BCUT2D eigenvalue weighted by Crippen LogP contribution is -2.75. The third-order valence-corrected chi connectivity index (χ3v) is 9.69. The lowest BCUT2D eigenvalue weighted by atomic mass is 9.45. The van der Waals surface area contributed by atoms with Crippen LogP contribution < -0.4 is 5.32 Å². The van der Waals surface area contributed by atoms with Gasteiger partial charge in [-0.1, -0.05) is 31.2 Å². The summed E-state index contributed by atoms with van der Waals surface area (Å²) in [7, 11) is 1.32. The first-order chi connectivity index (χ1) is 19.4. The lowest BCUT2D eigenvalue weighted by Gasteiger charge is -2.66.